The zero-order valence-electron chi connectivity index (χ0n) is 25.3. The number of benzene rings is 3. The molecule has 0 aromatic heterocycles. The highest BCUT2D eigenvalue weighted by molar-refractivity contribution is 7.92. The number of carbonyl (C=O) groups excluding carboxylic acids is 1. The number of ether oxygens (including phenoxy) is 1. The van der Waals surface area contributed by atoms with Crippen molar-refractivity contribution in [3.05, 3.63) is 90.2 Å². The summed E-state index contributed by atoms with van der Waals surface area (Å²) in [6.07, 6.45) is -0.889. The predicted molar refractivity (Wildman–Crippen MR) is 164 cm³/mol. The van der Waals surface area contributed by atoms with Crippen molar-refractivity contribution in [2.45, 2.75) is 41.1 Å². The molecule has 15 heteroatoms. The van der Waals surface area contributed by atoms with E-state index < -0.39 is 108 Å². The van der Waals surface area contributed by atoms with Crippen LogP contribution in [0.15, 0.2) is 87.5 Å². The van der Waals surface area contributed by atoms with E-state index in [2.05, 4.69) is 0 Å². The summed E-state index contributed by atoms with van der Waals surface area (Å²) in [4.78, 5) is 13.2. The van der Waals surface area contributed by atoms with Crippen LogP contribution < -0.4 is 0 Å². The van der Waals surface area contributed by atoms with E-state index in [9.17, 15) is 43.2 Å². The number of halogens is 3. The van der Waals surface area contributed by atoms with Crippen LogP contribution in [0.3, 0.4) is 0 Å². The summed E-state index contributed by atoms with van der Waals surface area (Å²) in [5, 5.41) is 0. The Morgan fingerprint density at radius 1 is 0.674 bits per heavy atom. The smallest absolute Gasteiger partial charge is 0.410 e. The van der Waals surface area contributed by atoms with Crippen molar-refractivity contribution in [3.63, 3.8) is 0 Å². The standard InChI is InChI=1S/C31H34F3NO8S3/c1-31(2,3)43-30(36)35-16-21(18-44(37,38)26-10-4-7-23(32)13-26)29(20-46(41,42)28-12-6-9-25(34)15-28)22(17-35)19-45(39,40)27-11-5-8-24(33)14-27/h4-15,21-22,29H,16-20H2,1-3H3. The molecule has 1 heterocycles. The van der Waals surface area contributed by atoms with Crippen molar-refractivity contribution >= 4 is 35.6 Å². The fraction of sp³-hybridized carbons (Fsp3) is 0.387. The number of piperidine rings is 1. The number of carbonyl (C=O) groups is 1. The molecule has 0 aliphatic carbocycles. The average molecular weight is 702 g/mol. The van der Waals surface area contributed by atoms with Gasteiger partial charge in [-0.1, -0.05) is 18.2 Å². The van der Waals surface area contributed by atoms with Crippen LogP contribution in [0.2, 0.25) is 0 Å². The molecule has 0 saturated carbocycles. The molecule has 1 aliphatic rings. The zero-order valence-corrected chi connectivity index (χ0v) is 27.7. The van der Waals surface area contributed by atoms with Crippen molar-refractivity contribution < 1.29 is 48.0 Å². The van der Waals surface area contributed by atoms with E-state index in [-0.39, 0.29) is 13.1 Å². The minimum atomic E-state index is -4.35. The van der Waals surface area contributed by atoms with Crippen molar-refractivity contribution in [3.8, 4) is 0 Å². The molecule has 1 saturated heterocycles. The summed E-state index contributed by atoms with van der Waals surface area (Å²) in [6, 6.07) is 12.6. The van der Waals surface area contributed by atoms with E-state index in [1.807, 2.05) is 0 Å². The molecule has 0 bridgehead atoms. The van der Waals surface area contributed by atoms with Crippen LogP contribution in [-0.2, 0) is 34.2 Å². The molecule has 4 rings (SSSR count). The average Bonchev–Trinajstić information content (AvgIpc) is 2.93. The second-order valence-corrected chi connectivity index (χ2v) is 18.4. The highest BCUT2D eigenvalue weighted by atomic mass is 32.2. The second-order valence-electron chi connectivity index (χ2n) is 12.3. The quantitative estimate of drug-likeness (QED) is 0.307. The number of hydrogen-bond donors (Lipinski definition) is 0. The van der Waals surface area contributed by atoms with Crippen molar-refractivity contribution in [1.82, 2.24) is 4.90 Å². The van der Waals surface area contributed by atoms with Crippen molar-refractivity contribution in [1.29, 1.82) is 0 Å². The number of amides is 1. The van der Waals surface area contributed by atoms with Crippen molar-refractivity contribution in [2.75, 3.05) is 30.3 Å². The van der Waals surface area contributed by atoms with Crippen LogP contribution in [0.4, 0.5) is 18.0 Å². The third-order valence-electron chi connectivity index (χ3n) is 7.52. The molecule has 1 aliphatic heterocycles. The number of nitrogens with zero attached hydrogens (tertiary/aromatic N) is 1. The Balaban J connectivity index is 1.83. The predicted octanol–water partition coefficient (Wildman–Crippen LogP) is 4.92. The maximum absolute atomic E-state index is 14.0. The summed E-state index contributed by atoms with van der Waals surface area (Å²) < 4.78 is 129. The van der Waals surface area contributed by atoms with Gasteiger partial charge in [-0.2, -0.15) is 0 Å². The van der Waals surface area contributed by atoms with E-state index >= 15 is 0 Å². The molecule has 1 fully saturated rings. The lowest BCUT2D eigenvalue weighted by atomic mass is 9.80. The maximum atomic E-state index is 14.0. The fourth-order valence-electron chi connectivity index (χ4n) is 5.48. The van der Waals surface area contributed by atoms with Gasteiger partial charge < -0.3 is 9.64 Å². The SMILES string of the molecule is CC(C)(C)OC(=O)N1CC(CS(=O)(=O)c2cccc(F)c2)C(CS(=O)(=O)c2cccc(F)c2)C(CS(=O)(=O)c2cccc(F)c2)C1. The van der Waals surface area contributed by atoms with Gasteiger partial charge in [0.15, 0.2) is 29.5 Å². The summed E-state index contributed by atoms with van der Waals surface area (Å²) in [5.74, 6) is -8.49. The van der Waals surface area contributed by atoms with Crippen LogP contribution in [0, 0.1) is 35.2 Å². The molecule has 3 aromatic carbocycles. The lowest BCUT2D eigenvalue weighted by Crippen LogP contribution is -2.54. The normalized spacial score (nSPS) is 19.5. The first-order valence-electron chi connectivity index (χ1n) is 14.2. The van der Waals surface area contributed by atoms with Crippen LogP contribution >= 0.6 is 0 Å². The van der Waals surface area contributed by atoms with Gasteiger partial charge in [0.1, 0.15) is 23.1 Å². The lowest BCUT2D eigenvalue weighted by molar-refractivity contribution is 0.00457. The number of likely N-dealkylation sites (tertiary alicyclic amines) is 1. The molecule has 3 aromatic rings. The first kappa shape index (κ1) is 35.4. The van der Waals surface area contributed by atoms with Crippen LogP contribution in [0.5, 0.6) is 0 Å². The van der Waals surface area contributed by atoms with Gasteiger partial charge in [0.05, 0.1) is 31.9 Å². The van der Waals surface area contributed by atoms with Crippen LogP contribution in [0.25, 0.3) is 0 Å². The Kier molecular flexibility index (Phi) is 10.3. The largest absolute Gasteiger partial charge is 0.444 e. The van der Waals surface area contributed by atoms with E-state index in [4.69, 9.17) is 4.74 Å². The third-order valence-corrected chi connectivity index (χ3v) is 13.0. The van der Waals surface area contributed by atoms with E-state index in [1.165, 1.54) is 18.2 Å². The lowest BCUT2D eigenvalue weighted by Gasteiger charge is -2.43. The van der Waals surface area contributed by atoms with Crippen LogP contribution in [-0.4, -0.2) is 72.2 Å². The molecule has 0 radical (unpaired) electrons. The van der Waals surface area contributed by atoms with Gasteiger partial charge in [-0.3, -0.25) is 0 Å². The Bertz CT molecular complexity index is 1840. The van der Waals surface area contributed by atoms with Crippen LogP contribution in [0.1, 0.15) is 20.8 Å². The molecule has 1 amide bonds. The maximum Gasteiger partial charge on any atom is 0.410 e. The number of hydrogen-bond acceptors (Lipinski definition) is 8. The van der Waals surface area contributed by atoms with Gasteiger partial charge in [-0.25, -0.2) is 43.2 Å². The van der Waals surface area contributed by atoms with E-state index in [0.29, 0.717) is 0 Å². The van der Waals surface area contributed by atoms with E-state index in [1.54, 1.807) is 20.8 Å². The molecular weight excluding hydrogens is 668 g/mol. The monoisotopic (exact) mass is 701 g/mol. The molecule has 0 N–H and O–H groups in total. The molecular formula is C31H34F3NO8S3. The summed E-state index contributed by atoms with van der Waals surface area (Å²) >= 11 is 0. The molecule has 46 heavy (non-hydrogen) atoms. The molecule has 0 spiro atoms. The van der Waals surface area contributed by atoms with Gasteiger partial charge in [0.25, 0.3) is 0 Å². The number of sulfone groups is 3. The second kappa shape index (κ2) is 13.4. The van der Waals surface area contributed by atoms with Gasteiger partial charge in [-0.05, 0) is 93.1 Å². The van der Waals surface area contributed by atoms with Gasteiger partial charge in [0.2, 0.25) is 0 Å². The van der Waals surface area contributed by atoms with Gasteiger partial charge in [0, 0.05) is 13.1 Å². The first-order valence-corrected chi connectivity index (χ1v) is 19.1. The molecule has 2 unspecified atom stereocenters. The van der Waals surface area contributed by atoms with Gasteiger partial charge in [-0.15, -0.1) is 0 Å². The highest BCUT2D eigenvalue weighted by Gasteiger charge is 2.45. The van der Waals surface area contributed by atoms with Gasteiger partial charge >= 0.3 is 6.09 Å². The zero-order chi connectivity index (χ0) is 34.1. The molecule has 9 nitrogen and oxygen atoms in total. The van der Waals surface area contributed by atoms with E-state index in [0.717, 1.165) is 59.5 Å². The Hall–Kier alpha value is -3.43. The fourth-order valence-corrected chi connectivity index (χ4v) is 10.7. The topological polar surface area (TPSA) is 132 Å². The summed E-state index contributed by atoms with van der Waals surface area (Å²) in [7, 11) is -13.0. The first-order chi connectivity index (χ1) is 21.3. The molecule has 2 atom stereocenters. The molecule has 250 valence electrons. The summed E-state index contributed by atoms with van der Waals surface area (Å²) in [6.45, 7) is 4.11. The minimum Gasteiger partial charge on any atom is -0.444 e. The Morgan fingerprint density at radius 3 is 1.35 bits per heavy atom. The highest BCUT2D eigenvalue weighted by Crippen LogP contribution is 2.36. The van der Waals surface area contributed by atoms with Crippen molar-refractivity contribution in [2.24, 2.45) is 17.8 Å². The minimum absolute atomic E-state index is 0.344. The summed E-state index contributed by atoms with van der Waals surface area (Å²) in [5.41, 5.74) is -0.985. The Morgan fingerprint density at radius 2 is 1.02 bits per heavy atom. The Labute approximate surface area is 267 Å². The third kappa shape index (κ3) is 8.88. The number of rotatable bonds is 9.